The first-order valence-electron chi connectivity index (χ1n) is 14.9. The van der Waals surface area contributed by atoms with Gasteiger partial charge in [-0.3, -0.25) is 4.79 Å². The van der Waals surface area contributed by atoms with Gasteiger partial charge in [0.2, 0.25) is 0 Å². The minimum absolute atomic E-state index is 0.0342. The predicted molar refractivity (Wildman–Crippen MR) is 159 cm³/mol. The van der Waals surface area contributed by atoms with Gasteiger partial charge in [-0.2, -0.15) is 0 Å². The van der Waals surface area contributed by atoms with Crippen LogP contribution in [0.15, 0.2) is 73.3 Å². The molecular weight excluding hydrogens is 552 g/mol. The van der Waals surface area contributed by atoms with Crippen molar-refractivity contribution in [3.05, 3.63) is 84.4 Å². The van der Waals surface area contributed by atoms with E-state index >= 15 is 0 Å². The summed E-state index contributed by atoms with van der Waals surface area (Å²) < 4.78 is 22.3. The summed E-state index contributed by atoms with van der Waals surface area (Å²) in [4.78, 5) is 39.3. The lowest BCUT2D eigenvalue weighted by Gasteiger charge is -2.43. The third-order valence-electron chi connectivity index (χ3n) is 7.95. The van der Waals surface area contributed by atoms with Crippen molar-refractivity contribution in [2.45, 2.75) is 44.7 Å². The molecular formula is C33H42N2O8. The Labute approximate surface area is 253 Å². The fraction of sp³-hybridized carbons (Fsp3) is 0.485. The number of piperidine rings is 2. The van der Waals surface area contributed by atoms with Crippen molar-refractivity contribution in [1.29, 1.82) is 0 Å². The minimum atomic E-state index is -0.640. The molecule has 3 aliphatic heterocycles. The van der Waals surface area contributed by atoms with E-state index in [0.717, 1.165) is 11.1 Å². The second kappa shape index (κ2) is 16.2. The standard InChI is InChI=1S/C17H23NO5.C16H19NO3/c19-9-6-15-12-18(8-7-17(15)22-10-11-23-17)16(20)21-13-14-4-2-1-3-5-14;1-2-6-14-11-17(10-9-15(14)18)16(19)20-12-13-7-4-3-5-8-13/h1-5,15,19H,6-13H2;2-5,7-8,14H,1,6,9-12H2. The Morgan fingerprint density at radius 1 is 0.907 bits per heavy atom. The van der Waals surface area contributed by atoms with E-state index < -0.39 is 5.79 Å². The largest absolute Gasteiger partial charge is 0.445 e. The number of likely N-dealkylation sites (tertiary alicyclic amines) is 2. The van der Waals surface area contributed by atoms with Crippen LogP contribution in [0.1, 0.15) is 36.8 Å². The molecule has 10 heteroatoms. The van der Waals surface area contributed by atoms with Crippen molar-refractivity contribution in [3.8, 4) is 0 Å². The summed E-state index contributed by atoms with van der Waals surface area (Å²) in [5.74, 6) is -0.602. The Bertz CT molecular complexity index is 1190. The van der Waals surface area contributed by atoms with Crippen molar-refractivity contribution < 1.29 is 38.4 Å². The molecule has 0 radical (unpaired) electrons. The maximum atomic E-state index is 12.3. The van der Waals surface area contributed by atoms with Crippen LogP contribution in [0.25, 0.3) is 0 Å². The van der Waals surface area contributed by atoms with Gasteiger partial charge in [0.1, 0.15) is 19.0 Å². The number of benzene rings is 2. The van der Waals surface area contributed by atoms with E-state index in [9.17, 15) is 19.5 Å². The number of carbonyl (C=O) groups excluding carboxylic acids is 3. The van der Waals surface area contributed by atoms with E-state index in [2.05, 4.69) is 6.58 Å². The van der Waals surface area contributed by atoms with Crippen LogP contribution in [0.2, 0.25) is 0 Å². The van der Waals surface area contributed by atoms with Gasteiger partial charge in [0, 0.05) is 57.5 Å². The fourth-order valence-corrected chi connectivity index (χ4v) is 5.58. The summed E-state index contributed by atoms with van der Waals surface area (Å²) in [6, 6.07) is 19.2. The highest BCUT2D eigenvalue weighted by Gasteiger charge is 2.48. The highest BCUT2D eigenvalue weighted by atomic mass is 16.7. The summed E-state index contributed by atoms with van der Waals surface area (Å²) >= 11 is 0. The van der Waals surface area contributed by atoms with Crippen LogP contribution in [0.5, 0.6) is 0 Å². The van der Waals surface area contributed by atoms with Gasteiger partial charge in [0.15, 0.2) is 5.79 Å². The highest BCUT2D eigenvalue weighted by Crippen LogP contribution is 2.38. The number of hydrogen-bond donors (Lipinski definition) is 1. The number of amides is 2. The first-order valence-corrected chi connectivity index (χ1v) is 14.9. The first-order chi connectivity index (χ1) is 20.9. The molecule has 2 unspecified atom stereocenters. The maximum absolute atomic E-state index is 12.3. The topological polar surface area (TPSA) is 115 Å². The van der Waals surface area contributed by atoms with Crippen LogP contribution < -0.4 is 0 Å². The Morgan fingerprint density at radius 2 is 1.47 bits per heavy atom. The van der Waals surface area contributed by atoms with Gasteiger partial charge in [0.05, 0.1) is 13.2 Å². The molecule has 2 amide bonds. The number of allylic oxidation sites excluding steroid dienone is 1. The molecule has 0 aliphatic carbocycles. The minimum Gasteiger partial charge on any atom is -0.445 e. The lowest BCUT2D eigenvalue weighted by Crippen LogP contribution is -2.54. The van der Waals surface area contributed by atoms with E-state index in [0.29, 0.717) is 65.1 Å². The summed E-state index contributed by atoms with van der Waals surface area (Å²) in [7, 11) is 0. The summed E-state index contributed by atoms with van der Waals surface area (Å²) in [6.07, 6.45) is 3.21. The number of ether oxygens (including phenoxy) is 4. The van der Waals surface area contributed by atoms with Gasteiger partial charge >= 0.3 is 12.2 Å². The van der Waals surface area contributed by atoms with Crippen LogP contribution >= 0.6 is 0 Å². The third kappa shape index (κ3) is 9.13. The molecule has 43 heavy (non-hydrogen) atoms. The molecule has 232 valence electrons. The molecule has 3 heterocycles. The zero-order chi connectivity index (χ0) is 30.5. The lowest BCUT2D eigenvalue weighted by atomic mass is 9.88. The smallest absolute Gasteiger partial charge is 0.410 e. The normalized spacial score (nSPS) is 21.1. The molecule has 5 rings (SSSR count). The number of aliphatic hydroxyl groups excluding tert-OH is 1. The molecule has 2 aromatic carbocycles. The second-order valence-electron chi connectivity index (χ2n) is 10.9. The van der Waals surface area contributed by atoms with E-state index in [1.807, 2.05) is 60.7 Å². The van der Waals surface area contributed by atoms with E-state index in [1.54, 1.807) is 15.9 Å². The summed E-state index contributed by atoms with van der Waals surface area (Å²) in [5.41, 5.74) is 1.92. The number of ketones is 1. The highest BCUT2D eigenvalue weighted by molar-refractivity contribution is 5.84. The Balaban J connectivity index is 0.000000199. The molecule has 2 aromatic rings. The Morgan fingerprint density at radius 3 is 2.00 bits per heavy atom. The van der Waals surface area contributed by atoms with Gasteiger partial charge in [-0.1, -0.05) is 66.7 Å². The van der Waals surface area contributed by atoms with Crippen LogP contribution in [0, 0.1) is 11.8 Å². The summed E-state index contributed by atoms with van der Waals surface area (Å²) in [5, 5.41) is 9.29. The Hall–Kier alpha value is -3.73. The van der Waals surface area contributed by atoms with E-state index in [-0.39, 0.29) is 49.6 Å². The van der Waals surface area contributed by atoms with E-state index in [4.69, 9.17) is 18.9 Å². The van der Waals surface area contributed by atoms with Crippen molar-refractivity contribution in [2.75, 3.05) is 46.0 Å². The maximum Gasteiger partial charge on any atom is 0.410 e. The number of carbonyl (C=O) groups is 3. The van der Waals surface area contributed by atoms with E-state index in [1.165, 1.54) is 0 Å². The molecule has 3 fully saturated rings. The molecule has 0 saturated carbocycles. The zero-order valence-corrected chi connectivity index (χ0v) is 24.6. The first kappa shape index (κ1) is 32.2. The number of rotatable bonds is 8. The molecule has 2 atom stereocenters. The molecule has 0 aromatic heterocycles. The number of aliphatic hydroxyl groups is 1. The van der Waals surface area contributed by atoms with Crippen molar-refractivity contribution in [3.63, 3.8) is 0 Å². The van der Waals surface area contributed by atoms with Crippen molar-refractivity contribution >= 4 is 18.0 Å². The lowest BCUT2D eigenvalue weighted by molar-refractivity contribution is -0.221. The van der Waals surface area contributed by atoms with Crippen LogP contribution in [0.4, 0.5) is 9.59 Å². The molecule has 1 spiro atoms. The van der Waals surface area contributed by atoms with Gasteiger partial charge in [0.25, 0.3) is 0 Å². The molecule has 3 saturated heterocycles. The fourth-order valence-electron chi connectivity index (χ4n) is 5.58. The second-order valence-corrected chi connectivity index (χ2v) is 10.9. The summed E-state index contributed by atoms with van der Waals surface area (Å²) in [6.45, 7) is 7.25. The predicted octanol–water partition coefficient (Wildman–Crippen LogP) is 4.56. The van der Waals surface area contributed by atoms with Crippen LogP contribution in [0.3, 0.4) is 0 Å². The molecule has 0 bridgehead atoms. The zero-order valence-electron chi connectivity index (χ0n) is 24.6. The van der Waals surface area contributed by atoms with Gasteiger partial charge in [-0.15, -0.1) is 6.58 Å². The average molecular weight is 595 g/mol. The monoisotopic (exact) mass is 594 g/mol. The quantitative estimate of drug-likeness (QED) is 0.443. The molecule has 1 N–H and O–H groups in total. The Kier molecular flexibility index (Phi) is 12.1. The third-order valence-corrected chi connectivity index (χ3v) is 7.95. The number of nitrogens with zero attached hydrogens (tertiary/aromatic N) is 2. The molecule has 10 nitrogen and oxygen atoms in total. The van der Waals surface area contributed by atoms with Crippen molar-refractivity contribution in [2.24, 2.45) is 11.8 Å². The van der Waals surface area contributed by atoms with Gasteiger partial charge < -0.3 is 33.9 Å². The van der Waals surface area contributed by atoms with Crippen LogP contribution in [-0.4, -0.2) is 84.7 Å². The molecule has 3 aliphatic rings. The van der Waals surface area contributed by atoms with Crippen LogP contribution in [-0.2, 0) is 37.0 Å². The number of Topliss-reactive ketones (excluding diaryl/α,β-unsaturated/α-hetero) is 1. The van der Waals surface area contributed by atoms with Gasteiger partial charge in [-0.05, 0) is 24.0 Å². The average Bonchev–Trinajstić information content (AvgIpc) is 3.51. The SMILES string of the molecule is C=CCC1CN(C(=O)OCc2ccccc2)CCC1=O.O=C(OCc1ccccc1)N1CCC2(OCCO2)C(CCO)C1. The number of hydrogen-bond acceptors (Lipinski definition) is 8. The van der Waals surface area contributed by atoms with Gasteiger partial charge in [-0.25, -0.2) is 9.59 Å². The van der Waals surface area contributed by atoms with Crippen molar-refractivity contribution in [1.82, 2.24) is 9.80 Å².